The predicted octanol–water partition coefficient (Wildman–Crippen LogP) is 2.94. The maximum Gasteiger partial charge on any atom is 0.267 e. The fraction of sp³-hybridized carbons (Fsp3) is 0.409. The van der Waals surface area contributed by atoms with Gasteiger partial charge in [0.05, 0.1) is 0 Å². The van der Waals surface area contributed by atoms with Crippen molar-refractivity contribution in [1.82, 2.24) is 4.90 Å². The number of hydrogen-bond acceptors (Lipinski definition) is 3. The molecule has 5 atom stereocenters. The van der Waals surface area contributed by atoms with E-state index in [1.165, 1.54) is 11.1 Å². The smallest absolute Gasteiger partial charge is 0.267 e. The van der Waals surface area contributed by atoms with E-state index in [1.807, 2.05) is 24.3 Å². The summed E-state index contributed by atoms with van der Waals surface area (Å²) in [6.07, 6.45) is 1.49. The number of carbonyl (C=O) groups is 1. The van der Waals surface area contributed by atoms with Gasteiger partial charge in [0.15, 0.2) is 11.5 Å². The first-order valence-corrected chi connectivity index (χ1v) is 9.46. The molecule has 0 bridgehead atoms. The van der Waals surface area contributed by atoms with E-state index in [9.17, 15) is 4.79 Å². The van der Waals surface area contributed by atoms with Gasteiger partial charge in [-0.3, -0.25) is 4.79 Å². The average Bonchev–Trinajstić information content (AvgIpc) is 2.65. The highest BCUT2D eigenvalue weighted by molar-refractivity contribution is 5.84. The maximum atomic E-state index is 13.2. The van der Waals surface area contributed by atoms with Gasteiger partial charge >= 0.3 is 0 Å². The van der Waals surface area contributed by atoms with Gasteiger partial charge in [-0.1, -0.05) is 43.3 Å². The van der Waals surface area contributed by atoms with Crippen LogP contribution in [-0.2, 0) is 16.6 Å². The predicted molar refractivity (Wildman–Crippen MR) is 96.4 cm³/mol. The molecule has 1 saturated carbocycles. The molecular weight excluding hydrogens is 326 g/mol. The highest BCUT2D eigenvalue weighted by Gasteiger charge is 2.69. The van der Waals surface area contributed by atoms with Crippen LogP contribution in [0.1, 0.15) is 24.5 Å². The van der Waals surface area contributed by atoms with Crippen LogP contribution in [0.2, 0.25) is 0 Å². The molecule has 1 unspecified atom stereocenters. The molecule has 2 aromatic rings. The highest BCUT2D eigenvalue weighted by atomic mass is 16.6. The Morgan fingerprint density at radius 3 is 2.73 bits per heavy atom. The molecule has 132 valence electrons. The van der Waals surface area contributed by atoms with E-state index in [0.29, 0.717) is 30.4 Å². The van der Waals surface area contributed by atoms with E-state index in [-0.39, 0.29) is 11.3 Å². The molecule has 2 aromatic carbocycles. The summed E-state index contributed by atoms with van der Waals surface area (Å²) in [5.41, 5.74) is 3.13. The maximum absolute atomic E-state index is 13.2. The Hall–Kier alpha value is -2.49. The summed E-state index contributed by atoms with van der Waals surface area (Å²) in [7, 11) is 0. The average molecular weight is 347 g/mol. The van der Waals surface area contributed by atoms with Crippen LogP contribution in [0.3, 0.4) is 0 Å². The van der Waals surface area contributed by atoms with E-state index in [2.05, 4.69) is 36.1 Å². The van der Waals surface area contributed by atoms with Crippen molar-refractivity contribution in [2.45, 2.75) is 43.4 Å². The molecule has 0 spiro atoms. The third kappa shape index (κ3) is 1.67. The van der Waals surface area contributed by atoms with E-state index in [4.69, 9.17) is 9.47 Å². The van der Waals surface area contributed by atoms with Gasteiger partial charge in [-0.05, 0) is 36.1 Å². The topological polar surface area (TPSA) is 38.8 Å². The normalized spacial score (nSPS) is 35.5. The van der Waals surface area contributed by atoms with Crippen LogP contribution in [-0.4, -0.2) is 35.6 Å². The van der Waals surface area contributed by atoms with Crippen molar-refractivity contribution in [3.8, 4) is 11.5 Å². The second-order valence-electron chi connectivity index (χ2n) is 8.25. The van der Waals surface area contributed by atoms with Crippen LogP contribution in [0.5, 0.6) is 11.5 Å². The Morgan fingerprint density at radius 1 is 1.08 bits per heavy atom. The Morgan fingerprint density at radius 2 is 1.85 bits per heavy atom. The quantitative estimate of drug-likeness (QED) is 0.796. The van der Waals surface area contributed by atoms with Gasteiger partial charge in [0.25, 0.3) is 5.91 Å². The molecule has 2 aliphatic heterocycles. The molecule has 6 rings (SSSR count). The molecule has 2 fully saturated rings. The third-order valence-corrected chi connectivity index (χ3v) is 7.01. The minimum Gasteiger partial charge on any atom is -0.485 e. The first-order chi connectivity index (χ1) is 12.7. The summed E-state index contributed by atoms with van der Waals surface area (Å²) in [6.45, 7) is 2.67. The minimum atomic E-state index is -0.533. The standard InChI is InChI=1S/C22H21NO3/c1-22-11-16-20(22)15(10-13-6-2-3-7-14(13)22)23(16)21(24)19-12-25-17-8-4-5-9-18(17)26-19/h2-9,15-16,19-20H,10-12H2,1H3/t15-,16?,19+,20-,22+/m1/s1. The second-order valence-corrected chi connectivity index (χ2v) is 8.25. The van der Waals surface area contributed by atoms with Crippen LogP contribution in [0, 0.1) is 5.92 Å². The lowest BCUT2D eigenvalue weighted by atomic mass is 9.43. The molecule has 0 aromatic heterocycles. The summed E-state index contributed by atoms with van der Waals surface area (Å²) in [6, 6.07) is 17.0. The molecule has 0 N–H and O–H groups in total. The van der Waals surface area contributed by atoms with Crippen molar-refractivity contribution in [1.29, 1.82) is 0 Å². The molecule has 1 amide bonds. The van der Waals surface area contributed by atoms with Crippen molar-refractivity contribution < 1.29 is 14.3 Å². The zero-order valence-corrected chi connectivity index (χ0v) is 14.7. The summed E-state index contributed by atoms with van der Waals surface area (Å²) in [5.74, 6) is 2.08. The number of carbonyl (C=O) groups excluding carboxylic acids is 1. The number of amides is 1. The summed E-state index contributed by atoms with van der Waals surface area (Å²) in [4.78, 5) is 15.3. The van der Waals surface area contributed by atoms with Crippen LogP contribution < -0.4 is 9.47 Å². The van der Waals surface area contributed by atoms with E-state index in [0.717, 1.165) is 18.6 Å². The van der Waals surface area contributed by atoms with Crippen LogP contribution in [0.25, 0.3) is 0 Å². The van der Waals surface area contributed by atoms with Crippen molar-refractivity contribution in [3.63, 3.8) is 0 Å². The first-order valence-electron chi connectivity index (χ1n) is 9.46. The van der Waals surface area contributed by atoms with Gasteiger partial charge < -0.3 is 14.4 Å². The molecule has 2 heterocycles. The van der Waals surface area contributed by atoms with Gasteiger partial charge in [-0.15, -0.1) is 0 Å². The highest BCUT2D eigenvalue weighted by Crippen LogP contribution is 2.63. The Bertz CT molecular complexity index is 925. The van der Waals surface area contributed by atoms with Crippen molar-refractivity contribution in [2.24, 2.45) is 5.92 Å². The van der Waals surface area contributed by atoms with Gasteiger partial charge in [0, 0.05) is 23.4 Å². The van der Waals surface area contributed by atoms with E-state index in [1.54, 1.807) is 0 Å². The van der Waals surface area contributed by atoms with Crippen molar-refractivity contribution in [3.05, 3.63) is 59.7 Å². The third-order valence-electron chi connectivity index (χ3n) is 7.01. The number of fused-ring (bicyclic) bond motifs is 3. The lowest BCUT2D eigenvalue weighted by Gasteiger charge is -2.73. The number of piperidine rings is 1. The number of benzene rings is 2. The van der Waals surface area contributed by atoms with E-state index >= 15 is 0 Å². The Kier molecular flexibility index (Phi) is 2.71. The van der Waals surface area contributed by atoms with Gasteiger partial charge in [-0.25, -0.2) is 0 Å². The number of rotatable bonds is 1. The molecular formula is C22H21NO3. The van der Waals surface area contributed by atoms with Crippen LogP contribution >= 0.6 is 0 Å². The second kappa shape index (κ2) is 4.81. The van der Waals surface area contributed by atoms with Gasteiger partial charge in [0.2, 0.25) is 6.10 Å². The largest absolute Gasteiger partial charge is 0.485 e. The van der Waals surface area contributed by atoms with Crippen molar-refractivity contribution >= 4 is 5.91 Å². The number of para-hydroxylation sites is 2. The molecule has 4 aliphatic rings. The molecule has 1 saturated heterocycles. The zero-order chi connectivity index (χ0) is 17.5. The Balaban J connectivity index is 1.27. The number of ether oxygens (including phenoxy) is 2. The summed E-state index contributed by atoms with van der Waals surface area (Å²) < 4.78 is 11.7. The summed E-state index contributed by atoms with van der Waals surface area (Å²) in [5, 5.41) is 0. The van der Waals surface area contributed by atoms with E-state index < -0.39 is 6.10 Å². The zero-order valence-electron chi connectivity index (χ0n) is 14.7. The first kappa shape index (κ1) is 14.7. The number of hydrogen-bond donors (Lipinski definition) is 0. The fourth-order valence-electron chi connectivity index (χ4n) is 5.86. The fourth-order valence-corrected chi connectivity index (χ4v) is 5.86. The molecule has 4 heteroatoms. The summed E-state index contributed by atoms with van der Waals surface area (Å²) >= 11 is 0. The molecule has 0 radical (unpaired) electrons. The number of likely N-dealkylation sites (tertiary alicyclic amines) is 1. The number of nitrogens with zero attached hydrogens (tertiary/aromatic N) is 1. The van der Waals surface area contributed by atoms with Crippen LogP contribution in [0.15, 0.2) is 48.5 Å². The monoisotopic (exact) mass is 347 g/mol. The minimum absolute atomic E-state index is 0.0900. The Labute approximate surface area is 152 Å². The van der Waals surface area contributed by atoms with Gasteiger partial charge in [0.1, 0.15) is 6.61 Å². The van der Waals surface area contributed by atoms with Crippen LogP contribution in [0.4, 0.5) is 0 Å². The SMILES string of the molecule is C[C@@]12CC3[C@H]1[C@@H](Cc1ccccc12)N3C(=O)[C@@H]1COc2ccccc2O1. The molecule has 4 nitrogen and oxygen atoms in total. The van der Waals surface area contributed by atoms with Gasteiger partial charge in [-0.2, -0.15) is 0 Å². The molecule has 2 aliphatic carbocycles. The lowest BCUT2D eigenvalue weighted by Crippen LogP contribution is -2.81. The lowest BCUT2D eigenvalue weighted by molar-refractivity contribution is -0.201. The van der Waals surface area contributed by atoms with Crippen molar-refractivity contribution in [2.75, 3.05) is 6.61 Å². The molecule has 26 heavy (non-hydrogen) atoms.